The van der Waals surface area contributed by atoms with Crippen LogP contribution in [0.5, 0.6) is 11.5 Å². The van der Waals surface area contributed by atoms with Crippen molar-refractivity contribution in [3.8, 4) is 11.5 Å². The largest absolute Gasteiger partial charge is 0.493 e. The number of rotatable bonds is 8. The topological polar surface area (TPSA) is 84.9 Å². The molecule has 0 saturated carbocycles. The van der Waals surface area contributed by atoms with E-state index >= 15 is 0 Å². The molecule has 0 aromatic heterocycles. The molecule has 2 aromatic carbocycles. The lowest BCUT2D eigenvalue weighted by Crippen LogP contribution is -2.36. The molecule has 8 heteroatoms. The number of carbonyl (C=O) groups is 3. The van der Waals surface area contributed by atoms with Gasteiger partial charge in [-0.1, -0.05) is 36.8 Å². The summed E-state index contributed by atoms with van der Waals surface area (Å²) in [6.07, 6.45) is 2.34. The summed E-state index contributed by atoms with van der Waals surface area (Å²) in [6, 6.07) is 12.6. The van der Waals surface area contributed by atoms with Crippen molar-refractivity contribution >= 4 is 40.6 Å². The molecule has 3 rings (SSSR count). The first-order valence-electron chi connectivity index (χ1n) is 10.3. The first kappa shape index (κ1) is 23.4. The number of imide groups is 1. The number of thioether (sulfide) groups is 1. The zero-order chi connectivity index (χ0) is 23.3. The number of hydrogen-bond donors (Lipinski definition) is 1. The summed E-state index contributed by atoms with van der Waals surface area (Å²) in [5, 5.41) is 2.21. The van der Waals surface area contributed by atoms with Crippen LogP contribution in [-0.2, 0) is 9.59 Å². The number of anilines is 1. The molecule has 32 heavy (non-hydrogen) atoms. The summed E-state index contributed by atoms with van der Waals surface area (Å²) < 4.78 is 11.4. The minimum absolute atomic E-state index is 0.0565. The zero-order valence-electron chi connectivity index (χ0n) is 18.5. The van der Waals surface area contributed by atoms with Crippen LogP contribution < -0.4 is 14.8 Å². The number of para-hydroxylation sites is 1. The minimum Gasteiger partial charge on any atom is -0.493 e. The number of hydrogen-bond acceptors (Lipinski definition) is 6. The molecular formula is C24H26N2O5S. The predicted molar refractivity (Wildman–Crippen MR) is 126 cm³/mol. The van der Waals surface area contributed by atoms with E-state index in [1.165, 1.54) is 0 Å². The highest BCUT2D eigenvalue weighted by molar-refractivity contribution is 8.18. The van der Waals surface area contributed by atoms with Gasteiger partial charge in [-0.3, -0.25) is 19.3 Å². The second kappa shape index (κ2) is 10.4. The number of nitrogens with one attached hydrogen (secondary N) is 1. The van der Waals surface area contributed by atoms with Crippen LogP contribution in [-0.4, -0.2) is 41.7 Å². The third kappa shape index (κ3) is 5.50. The fraction of sp³-hybridized carbons (Fsp3) is 0.292. The van der Waals surface area contributed by atoms with Gasteiger partial charge in [0.2, 0.25) is 5.91 Å². The lowest BCUT2D eigenvalue weighted by Gasteiger charge is -2.17. The van der Waals surface area contributed by atoms with E-state index < -0.39 is 17.1 Å². The van der Waals surface area contributed by atoms with Gasteiger partial charge in [-0.15, -0.1) is 0 Å². The summed E-state index contributed by atoms with van der Waals surface area (Å²) in [4.78, 5) is 38.8. The van der Waals surface area contributed by atoms with Gasteiger partial charge in [0, 0.05) is 11.3 Å². The molecule has 1 saturated heterocycles. The fourth-order valence-corrected chi connectivity index (χ4v) is 3.81. The van der Waals surface area contributed by atoms with Crippen molar-refractivity contribution < 1.29 is 23.9 Å². The maximum absolute atomic E-state index is 12.9. The summed E-state index contributed by atoms with van der Waals surface area (Å²) in [5.74, 6) is 0.0833. The molecule has 0 bridgehead atoms. The van der Waals surface area contributed by atoms with Crippen molar-refractivity contribution in [1.82, 2.24) is 4.90 Å². The van der Waals surface area contributed by atoms with Gasteiger partial charge >= 0.3 is 0 Å². The molecule has 1 aliphatic rings. The molecule has 2 aromatic rings. The molecule has 0 radical (unpaired) electrons. The number of aryl methyl sites for hydroxylation is 1. The maximum atomic E-state index is 12.9. The van der Waals surface area contributed by atoms with Crippen LogP contribution in [0, 0.1) is 6.92 Å². The molecule has 1 atom stereocenters. The molecule has 168 valence electrons. The Labute approximate surface area is 191 Å². The summed E-state index contributed by atoms with van der Waals surface area (Å²) in [6.45, 7) is 5.54. The van der Waals surface area contributed by atoms with Gasteiger partial charge in [0.25, 0.3) is 11.1 Å². The second-order valence-electron chi connectivity index (χ2n) is 7.40. The normalized spacial score (nSPS) is 15.8. The fourth-order valence-electron chi connectivity index (χ4n) is 2.98. The van der Waals surface area contributed by atoms with Crippen LogP contribution in [0.4, 0.5) is 10.5 Å². The van der Waals surface area contributed by atoms with Gasteiger partial charge in [-0.05, 0) is 56.3 Å². The smallest absolute Gasteiger partial charge is 0.294 e. The van der Waals surface area contributed by atoms with Gasteiger partial charge < -0.3 is 14.8 Å². The first-order chi connectivity index (χ1) is 15.3. The van der Waals surface area contributed by atoms with Gasteiger partial charge in [-0.25, -0.2) is 0 Å². The summed E-state index contributed by atoms with van der Waals surface area (Å²) in [5.41, 5.74) is 2.29. The SMILES string of the molecule is CCC(C)Oc1c(/C=C2\SC(=O)N(CC(=O)Nc3ccc(C)cc3)C2=O)cccc1OC. The highest BCUT2D eigenvalue weighted by Crippen LogP contribution is 2.38. The summed E-state index contributed by atoms with van der Waals surface area (Å²) in [7, 11) is 1.54. The number of methoxy groups -OCH3 is 1. The van der Waals surface area contributed by atoms with Gasteiger partial charge in [-0.2, -0.15) is 0 Å². The quantitative estimate of drug-likeness (QED) is 0.574. The Balaban J connectivity index is 1.78. The Morgan fingerprint density at radius 3 is 2.56 bits per heavy atom. The van der Waals surface area contributed by atoms with Crippen LogP contribution in [0.15, 0.2) is 47.4 Å². The highest BCUT2D eigenvalue weighted by Gasteiger charge is 2.36. The van der Waals surface area contributed by atoms with Crippen molar-refractivity contribution in [2.75, 3.05) is 19.0 Å². The molecule has 0 aliphatic carbocycles. The third-order valence-corrected chi connectivity index (χ3v) is 5.83. The molecule has 1 heterocycles. The van der Waals surface area contributed by atoms with Crippen molar-refractivity contribution in [2.45, 2.75) is 33.3 Å². The third-order valence-electron chi connectivity index (χ3n) is 4.92. The van der Waals surface area contributed by atoms with Crippen molar-refractivity contribution in [2.24, 2.45) is 0 Å². The van der Waals surface area contributed by atoms with E-state index in [4.69, 9.17) is 9.47 Å². The Kier molecular flexibility index (Phi) is 7.58. The van der Waals surface area contributed by atoms with Crippen LogP contribution in [0.2, 0.25) is 0 Å². The standard InChI is InChI=1S/C24H26N2O5S/c1-5-16(3)31-22-17(7-6-8-19(22)30-4)13-20-23(28)26(24(29)32-20)14-21(27)25-18-11-9-15(2)10-12-18/h6-13,16H,5,14H2,1-4H3,(H,25,27)/b20-13-. The molecule has 0 spiro atoms. The van der Waals surface area contributed by atoms with E-state index in [-0.39, 0.29) is 17.6 Å². The van der Waals surface area contributed by atoms with E-state index in [0.717, 1.165) is 28.6 Å². The van der Waals surface area contributed by atoms with Gasteiger partial charge in [0.1, 0.15) is 6.54 Å². The molecule has 7 nitrogen and oxygen atoms in total. The Morgan fingerprint density at radius 2 is 1.91 bits per heavy atom. The second-order valence-corrected chi connectivity index (χ2v) is 8.39. The first-order valence-corrected chi connectivity index (χ1v) is 11.1. The van der Waals surface area contributed by atoms with Crippen LogP contribution in [0.3, 0.4) is 0 Å². The highest BCUT2D eigenvalue weighted by atomic mass is 32.2. The molecular weight excluding hydrogens is 428 g/mol. The number of amides is 3. The predicted octanol–water partition coefficient (Wildman–Crippen LogP) is 4.86. The van der Waals surface area contributed by atoms with Crippen LogP contribution >= 0.6 is 11.8 Å². The molecule has 3 amide bonds. The van der Waals surface area contributed by atoms with Crippen LogP contribution in [0.1, 0.15) is 31.4 Å². The average molecular weight is 455 g/mol. The monoisotopic (exact) mass is 454 g/mol. The van der Waals surface area contributed by atoms with Gasteiger partial charge in [0.15, 0.2) is 11.5 Å². The van der Waals surface area contributed by atoms with Gasteiger partial charge in [0.05, 0.1) is 18.1 Å². The van der Waals surface area contributed by atoms with E-state index in [9.17, 15) is 14.4 Å². The van der Waals surface area contributed by atoms with E-state index in [0.29, 0.717) is 22.7 Å². The Morgan fingerprint density at radius 1 is 1.19 bits per heavy atom. The average Bonchev–Trinajstić information content (AvgIpc) is 3.03. The van der Waals surface area contributed by atoms with E-state index in [2.05, 4.69) is 5.32 Å². The number of nitrogens with zero attached hydrogens (tertiary/aromatic N) is 1. The Hall–Kier alpha value is -3.26. The van der Waals surface area contributed by atoms with Crippen molar-refractivity contribution in [1.29, 1.82) is 0 Å². The Bertz CT molecular complexity index is 1050. The lowest BCUT2D eigenvalue weighted by atomic mass is 10.1. The number of benzene rings is 2. The van der Waals surface area contributed by atoms with Crippen LogP contribution in [0.25, 0.3) is 6.08 Å². The number of carbonyl (C=O) groups excluding carboxylic acids is 3. The lowest BCUT2D eigenvalue weighted by molar-refractivity contribution is -0.127. The minimum atomic E-state index is -0.517. The van der Waals surface area contributed by atoms with Crippen molar-refractivity contribution in [3.63, 3.8) is 0 Å². The molecule has 1 fully saturated rings. The van der Waals surface area contributed by atoms with E-state index in [1.54, 1.807) is 43.5 Å². The molecule has 1 N–H and O–H groups in total. The zero-order valence-corrected chi connectivity index (χ0v) is 19.3. The molecule has 1 aliphatic heterocycles. The van der Waals surface area contributed by atoms with Crippen molar-refractivity contribution in [3.05, 3.63) is 58.5 Å². The number of ether oxygens (including phenoxy) is 2. The molecule has 1 unspecified atom stereocenters. The maximum Gasteiger partial charge on any atom is 0.294 e. The summed E-state index contributed by atoms with van der Waals surface area (Å²) >= 11 is 0.796. The van der Waals surface area contributed by atoms with E-state index in [1.807, 2.05) is 32.9 Å².